The van der Waals surface area contributed by atoms with Gasteiger partial charge >= 0.3 is 0 Å². The van der Waals surface area contributed by atoms with Crippen molar-refractivity contribution in [3.63, 3.8) is 0 Å². The molecule has 0 N–H and O–H groups in total. The Morgan fingerprint density at radius 1 is 0.419 bits per heavy atom. The van der Waals surface area contributed by atoms with Gasteiger partial charge in [0, 0.05) is 16.3 Å². The second-order valence-corrected chi connectivity index (χ2v) is 10.7. The Kier molecular flexibility index (Phi) is 3.95. The third-order valence-electron chi connectivity index (χ3n) is 8.36. The van der Waals surface area contributed by atoms with Crippen LogP contribution in [0.3, 0.4) is 0 Å². The molecule has 43 heavy (non-hydrogen) atoms. The molecule has 0 aliphatic rings. The monoisotopic (exact) mass is 553 g/mol. The Labute approximate surface area is 259 Å². The first-order valence-corrected chi connectivity index (χ1v) is 14.2. The normalized spacial score (nSPS) is 14.0. The van der Waals surface area contributed by atoms with E-state index in [4.69, 9.17) is 12.6 Å². The van der Waals surface area contributed by atoms with Gasteiger partial charge in [0.05, 0.1) is 9.60 Å². The van der Waals surface area contributed by atoms with Crippen LogP contribution in [0.1, 0.15) is 9.60 Å². The highest BCUT2D eigenvalue weighted by Gasteiger charge is 2.19. The van der Waals surface area contributed by atoms with Gasteiger partial charge < -0.3 is 4.42 Å². The topological polar surface area (TPSA) is 13.1 Å². The maximum atomic E-state index is 9.17. The van der Waals surface area contributed by atoms with Crippen molar-refractivity contribution in [2.24, 2.45) is 0 Å². The highest BCUT2D eigenvalue weighted by atomic mass is 16.3. The SMILES string of the molecule is [2H]c1c([2H])c([2H])c2c(-c3c4ccccc4c(-c4ccc5oc6c(-c7ccccc7)cccc6c5c4)c4ccccc34)c([2H])c([2H])c([2H])c2c1[2H]. The van der Waals surface area contributed by atoms with Crippen LogP contribution in [-0.4, -0.2) is 0 Å². The molecular formula is C42H26O. The maximum absolute atomic E-state index is 9.17. The van der Waals surface area contributed by atoms with Gasteiger partial charge in [-0.25, -0.2) is 0 Å². The first-order chi connectivity index (χ1) is 24.3. The fourth-order valence-electron chi connectivity index (χ4n) is 6.51. The zero-order chi connectivity index (χ0) is 34.4. The summed E-state index contributed by atoms with van der Waals surface area (Å²) in [5.74, 6) is 0. The average Bonchev–Trinajstić information content (AvgIpc) is 3.53. The van der Waals surface area contributed by atoms with Gasteiger partial charge in [0.15, 0.2) is 0 Å². The molecule has 200 valence electrons. The first-order valence-electron chi connectivity index (χ1n) is 17.7. The molecule has 0 aliphatic heterocycles. The molecule has 1 aromatic heterocycles. The van der Waals surface area contributed by atoms with E-state index in [1.807, 2.05) is 78.9 Å². The first kappa shape index (κ1) is 18.0. The minimum Gasteiger partial charge on any atom is -0.455 e. The second-order valence-electron chi connectivity index (χ2n) is 10.7. The maximum Gasteiger partial charge on any atom is 0.143 e. The number of hydrogen-bond acceptors (Lipinski definition) is 1. The van der Waals surface area contributed by atoms with Crippen molar-refractivity contribution in [1.82, 2.24) is 0 Å². The molecule has 0 amide bonds. The lowest BCUT2D eigenvalue weighted by Crippen LogP contribution is -1.91. The average molecular weight is 554 g/mol. The zero-order valence-electron chi connectivity index (χ0n) is 29.9. The van der Waals surface area contributed by atoms with E-state index in [-0.39, 0.29) is 46.5 Å². The predicted octanol–water partition coefficient (Wildman–Crippen LogP) is 12.0. The van der Waals surface area contributed by atoms with Crippen LogP contribution < -0.4 is 0 Å². The van der Waals surface area contributed by atoms with Crippen molar-refractivity contribution in [3.8, 4) is 33.4 Å². The summed E-state index contributed by atoms with van der Waals surface area (Å²) in [6.07, 6.45) is 0. The standard InChI is InChI=1S/C42H26O/c1-2-12-28(13-3-1)31-21-11-23-37-38-26-29(24-25-39(38)43-42(31)37)40-33-17-6-8-19-35(33)41(36-20-9-7-18-34(36)40)32-22-10-15-27-14-4-5-16-30(27)32/h1-26H/i4D,5D,10D,14D,15D,16D,22D. The molecule has 0 atom stereocenters. The van der Waals surface area contributed by atoms with E-state index in [1.54, 1.807) is 0 Å². The van der Waals surface area contributed by atoms with Crippen LogP contribution in [0.25, 0.3) is 87.6 Å². The number of benzene rings is 8. The molecule has 0 bridgehead atoms. The summed E-state index contributed by atoms with van der Waals surface area (Å²) in [5, 5.41) is 5.30. The van der Waals surface area contributed by atoms with Crippen LogP contribution in [0.4, 0.5) is 0 Å². The largest absolute Gasteiger partial charge is 0.455 e. The van der Waals surface area contributed by atoms with Crippen molar-refractivity contribution >= 4 is 54.3 Å². The Bertz CT molecular complexity index is 2830. The lowest BCUT2D eigenvalue weighted by atomic mass is 9.84. The van der Waals surface area contributed by atoms with Crippen LogP contribution in [0.15, 0.2) is 162 Å². The fraction of sp³-hybridized carbons (Fsp3) is 0. The third kappa shape index (κ3) is 3.65. The minimum atomic E-state index is -0.470. The Balaban J connectivity index is 1.39. The van der Waals surface area contributed by atoms with Crippen molar-refractivity contribution in [1.29, 1.82) is 0 Å². The number of hydrogen-bond donors (Lipinski definition) is 0. The van der Waals surface area contributed by atoms with Gasteiger partial charge in [0.2, 0.25) is 0 Å². The molecule has 0 aliphatic carbocycles. The molecule has 0 fully saturated rings. The van der Waals surface area contributed by atoms with Crippen LogP contribution >= 0.6 is 0 Å². The molecule has 0 spiro atoms. The summed E-state index contributed by atoms with van der Waals surface area (Å²) < 4.78 is 67.5. The molecule has 9 rings (SSSR count). The lowest BCUT2D eigenvalue weighted by Gasteiger charge is -2.18. The van der Waals surface area contributed by atoms with Gasteiger partial charge in [-0.1, -0.05) is 145 Å². The molecule has 0 saturated heterocycles. The van der Waals surface area contributed by atoms with E-state index in [9.17, 15) is 1.37 Å². The number of para-hydroxylation sites is 1. The van der Waals surface area contributed by atoms with Gasteiger partial charge in [-0.15, -0.1) is 0 Å². The molecule has 8 aromatic carbocycles. The van der Waals surface area contributed by atoms with E-state index < -0.39 is 12.1 Å². The summed E-state index contributed by atoms with van der Waals surface area (Å²) in [5.41, 5.74) is 6.43. The fourth-order valence-corrected chi connectivity index (χ4v) is 6.51. The second kappa shape index (κ2) is 9.44. The summed E-state index contributed by atoms with van der Waals surface area (Å²) in [4.78, 5) is 0. The van der Waals surface area contributed by atoms with Crippen molar-refractivity contribution in [2.45, 2.75) is 0 Å². The molecular weight excluding hydrogens is 520 g/mol. The summed E-state index contributed by atoms with van der Waals surface area (Å²) in [7, 11) is 0. The third-order valence-corrected chi connectivity index (χ3v) is 8.36. The van der Waals surface area contributed by atoms with Crippen molar-refractivity contribution in [3.05, 3.63) is 158 Å². The van der Waals surface area contributed by atoms with Gasteiger partial charge in [-0.2, -0.15) is 0 Å². The zero-order valence-corrected chi connectivity index (χ0v) is 22.9. The predicted molar refractivity (Wildman–Crippen MR) is 183 cm³/mol. The smallest absolute Gasteiger partial charge is 0.143 e. The highest BCUT2D eigenvalue weighted by molar-refractivity contribution is 6.24. The van der Waals surface area contributed by atoms with Crippen LogP contribution in [-0.2, 0) is 0 Å². The Morgan fingerprint density at radius 2 is 1.07 bits per heavy atom. The number of rotatable bonds is 3. The molecule has 1 heterocycles. The molecule has 0 unspecified atom stereocenters. The Morgan fingerprint density at radius 3 is 1.84 bits per heavy atom. The van der Waals surface area contributed by atoms with Crippen molar-refractivity contribution in [2.75, 3.05) is 0 Å². The van der Waals surface area contributed by atoms with Crippen LogP contribution in [0, 0.1) is 0 Å². The van der Waals surface area contributed by atoms with Gasteiger partial charge in [-0.3, -0.25) is 0 Å². The molecule has 1 nitrogen and oxygen atoms in total. The molecule has 1 heteroatoms. The van der Waals surface area contributed by atoms with Gasteiger partial charge in [0.25, 0.3) is 0 Å². The number of furan rings is 1. The number of fused-ring (bicyclic) bond motifs is 6. The van der Waals surface area contributed by atoms with Gasteiger partial charge in [0.1, 0.15) is 11.2 Å². The van der Waals surface area contributed by atoms with E-state index in [0.717, 1.165) is 65.7 Å². The molecule has 9 aromatic rings. The lowest BCUT2D eigenvalue weighted by molar-refractivity contribution is 0.670. The van der Waals surface area contributed by atoms with Gasteiger partial charge in [-0.05, 0) is 72.3 Å². The highest BCUT2D eigenvalue weighted by Crippen LogP contribution is 2.46. The molecule has 0 saturated carbocycles. The van der Waals surface area contributed by atoms with E-state index in [2.05, 4.69) is 36.4 Å². The van der Waals surface area contributed by atoms with Crippen molar-refractivity contribution < 1.29 is 14.0 Å². The molecule has 0 radical (unpaired) electrons. The van der Waals surface area contributed by atoms with E-state index in [0.29, 0.717) is 5.56 Å². The summed E-state index contributed by atoms with van der Waals surface area (Å²) in [6, 6.07) is 35.6. The summed E-state index contributed by atoms with van der Waals surface area (Å²) in [6.45, 7) is 0. The minimum absolute atomic E-state index is 0.0589. The van der Waals surface area contributed by atoms with E-state index in [1.165, 1.54) is 0 Å². The quantitative estimate of drug-likeness (QED) is 0.198. The van der Waals surface area contributed by atoms with E-state index >= 15 is 0 Å². The van der Waals surface area contributed by atoms with Crippen LogP contribution in [0.2, 0.25) is 0 Å². The Hall–Kier alpha value is -5.66. The summed E-state index contributed by atoms with van der Waals surface area (Å²) >= 11 is 0. The van der Waals surface area contributed by atoms with Crippen LogP contribution in [0.5, 0.6) is 0 Å².